The summed E-state index contributed by atoms with van der Waals surface area (Å²) < 4.78 is 6.88. The second-order valence-corrected chi connectivity index (χ2v) is 12.4. The van der Waals surface area contributed by atoms with Gasteiger partial charge >= 0.3 is 5.97 Å². The molecule has 0 saturated heterocycles. The van der Waals surface area contributed by atoms with E-state index in [0.717, 1.165) is 59.0 Å². The third-order valence-corrected chi connectivity index (χ3v) is 10.0. The molecule has 2 aliphatic heterocycles. The van der Waals surface area contributed by atoms with E-state index in [9.17, 15) is 14.7 Å². The van der Waals surface area contributed by atoms with Crippen LogP contribution in [0.25, 0.3) is 22.3 Å². The first-order chi connectivity index (χ1) is 18.9. The van der Waals surface area contributed by atoms with Crippen LogP contribution in [0, 0.1) is 17.8 Å². The van der Waals surface area contributed by atoms with Gasteiger partial charge in [0.15, 0.2) is 5.60 Å². The Morgan fingerprint density at radius 2 is 1.85 bits per heavy atom. The molecule has 4 aliphatic carbocycles. The van der Waals surface area contributed by atoms with Gasteiger partial charge in [-0.05, 0) is 74.8 Å². The van der Waals surface area contributed by atoms with Crippen LogP contribution in [0.3, 0.4) is 0 Å². The molecule has 0 radical (unpaired) electrons. The number of rotatable bonds is 4. The van der Waals surface area contributed by atoms with Crippen molar-refractivity contribution in [2.75, 3.05) is 0 Å². The van der Waals surface area contributed by atoms with Crippen molar-refractivity contribution in [1.29, 1.82) is 0 Å². The SMILES string of the molecule is CC[C@@]1(O)C(=O)OCc2c1cc1n(c2=O)Cc2c-1nc1ccccc1c2C=NOC12CC3CC(CC(C3)C1)C2. The summed E-state index contributed by atoms with van der Waals surface area (Å²) in [6, 6.07) is 9.64. The smallest absolute Gasteiger partial charge is 0.343 e. The highest BCUT2D eigenvalue weighted by Crippen LogP contribution is 2.57. The van der Waals surface area contributed by atoms with E-state index in [1.54, 1.807) is 17.6 Å². The van der Waals surface area contributed by atoms with E-state index in [1.807, 2.05) is 30.5 Å². The van der Waals surface area contributed by atoms with Gasteiger partial charge in [-0.2, -0.15) is 0 Å². The summed E-state index contributed by atoms with van der Waals surface area (Å²) >= 11 is 0. The lowest BCUT2D eigenvalue weighted by atomic mass is 9.54. The van der Waals surface area contributed by atoms with Crippen LogP contribution < -0.4 is 5.56 Å². The maximum absolute atomic E-state index is 13.6. The molecule has 1 aromatic carbocycles. The van der Waals surface area contributed by atoms with Gasteiger partial charge < -0.3 is 19.2 Å². The fourth-order valence-electron chi connectivity index (χ4n) is 8.54. The molecule has 2 aromatic heterocycles. The number of aromatic nitrogens is 2. The van der Waals surface area contributed by atoms with Crippen LogP contribution in [0.5, 0.6) is 0 Å². The number of fused-ring (bicyclic) bond motifs is 5. The molecule has 0 amide bonds. The van der Waals surface area contributed by atoms with Gasteiger partial charge in [-0.15, -0.1) is 0 Å². The lowest BCUT2D eigenvalue weighted by Crippen LogP contribution is -2.51. The van der Waals surface area contributed by atoms with Gasteiger partial charge in [0.1, 0.15) is 12.2 Å². The largest absolute Gasteiger partial charge is 0.458 e. The minimum atomic E-state index is -1.85. The van der Waals surface area contributed by atoms with Gasteiger partial charge in [-0.25, -0.2) is 9.78 Å². The third kappa shape index (κ3) is 3.27. The van der Waals surface area contributed by atoms with Gasteiger partial charge in [0.25, 0.3) is 5.56 Å². The predicted molar refractivity (Wildman–Crippen MR) is 144 cm³/mol. The Morgan fingerprint density at radius 3 is 2.56 bits per heavy atom. The van der Waals surface area contributed by atoms with Crippen LogP contribution in [0.15, 0.2) is 40.3 Å². The summed E-state index contributed by atoms with van der Waals surface area (Å²) in [4.78, 5) is 37.5. The number of cyclic esters (lactones) is 1. The first-order valence-electron chi connectivity index (χ1n) is 14.2. The minimum absolute atomic E-state index is 0.110. The van der Waals surface area contributed by atoms with E-state index in [1.165, 1.54) is 19.3 Å². The minimum Gasteiger partial charge on any atom is -0.458 e. The van der Waals surface area contributed by atoms with Crippen LogP contribution in [0.2, 0.25) is 0 Å². The van der Waals surface area contributed by atoms with Gasteiger partial charge in [-0.1, -0.05) is 30.3 Å². The highest BCUT2D eigenvalue weighted by atomic mass is 16.6. The summed E-state index contributed by atoms with van der Waals surface area (Å²) in [5.74, 6) is 1.58. The normalized spacial score (nSPS) is 31.8. The zero-order valence-corrected chi connectivity index (χ0v) is 22.0. The number of hydrogen-bond acceptors (Lipinski definition) is 7. The standard InChI is InChI=1S/C31H31N3O5/c1-2-31(37)24-10-26-27-22(15-34(26)28(35)23(24)16-38-29(31)36)21(20-5-3-4-6-25(20)33-27)14-32-39-30-11-17-7-18(12-30)9-19(8-17)13-30/h3-6,10,14,17-19,37H,2,7-9,11-13,15-16H2,1H3/t17?,18?,19?,30?,31-/m0/s1. The number of benzene rings is 1. The highest BCUT2D eigenvalue weighted by Gasteiger charge is 2.53. The number of carbonyl (C=O) groups is 1. The first kappa shape index (κ1) is 23.4. The van der Waals surface area contributed by atoms with Gasteiger partial charge in [0, 0.05) is 22.1 Å². The maximum atomic E-state index is 13.6. The number of oxime groups is 1. The van der Waals surface area contributed by atoms with Crippen LogP contribution in [0.1, 0.15) is 74.1 Å². The van der Waals surface area contributed by atoms with Crippen molar-refractivity contribution in [3.05, 3.63) is 62.9 Å². The van der Waals surface area contributed by atoms with E-state index < -0.39 is 11.6 Å². The number of ether oxygens (including phenoxy) is 1. The van der Waals surface area contributed by atoms with Gasteiger partial charge in [0.05, 0.1) is 35.2 Å². The van der Waals surface area contributed by atoms with Crippen molar-refractivity contribution in [2.45, 2.75) is 76.2 Å². The second kappa shape index (κ2) is 8.01. The molecule has 4 saturated carbocycles. The molecule has 0 spiro atoms. The number of aliphatic hydroxyl groups is 1. The lowest BCUT2D eigenvalue weighted by Gasteiger charge is -2.54. The number of pyridine rings is 2. The molecule has 1 atom stereocenters. The molecule has 1 N–H and O–H groups in total. The average Bonchev–Trinajstić information content (AvgIpc) is 3.28. The molecule has 8 heteroatoms. The summed E-state index contributed by atoms with van der Waals surface area (Å²) in [5, 5.41) is 16.8. The number of hydrogen-bond donors (Lipinski definition) is 1. The van der Waals surface area contributed by atoms with Crippen LogP contribution in [0.4, 0.5) is 0 Å². The molecule has 3 aromatic rings. The topological polar surface area (TPSA) is 103 Å². The number of esters is 1. The van der Waals surface area contributed by atoms with Gasteiger partial charge in [0.2, 0.25) is 0 Å². The fraction of sp³-hybridized carbons (Fsp3) is 0.484. The molecule has 200 valence electrons. The zero-order chi connectivity index (χ0) is 26.5. The Bertz CT molecular complexity index is 1620. The quantitative estimate of drug-likeness (QED) is 0.241. The fourth-order valence-corrected chi connectivity index (χ4v) is 8.54. The zero-order valence-electron chi connectivity index (χ0n) is 22.0. The summed E-state index contributed by atoms with van der Waals surface area (Å²) in [6.45, 7) is 1.89. The molecular formula is C31H31N3O5. The van der Waals surface area contributed by atoms with Crippen molar-refractivity contribution >= 4 is 23.1 Å². The van der Waals surface area contributed by atoms with E-state index in [2.05, 4.69) is 5.16 Å². The predicted octanol–water partition coefficient (Wildman–Crippen LogP) is 4.40. The molecule has 4 heterocycles. The number of carbonyl (C=O) groups excluding carboxylic acids is 1. The molecule has 0 unspecified atom stereocenters. The molecule has 9 rings (SSSR count). The van der Waals surface area contributed by atoms with E-state index in [4.69, 9.17) is 14.6 Å². The number of para-hydroxylation sites is 1. The van der Waals surface area contributed by atoms with Crippen LogP contribution in [-0.2, 0) is 33.1 Å². The summed E-state index contributed by atoms with van der Waals surface area (Å²) in [6.07, 6.45) is 9.24. The van der Waals surface area contributed by atoms with E-state index >= 15 is 0 Å². The Labute approximate surface area is 225 Å². The Kier molecular flexibility index (Phi) is 4.80. The maximum Gasteiger partial charge on any atom is 0.343 e. The third-order valence-electron chi connectivity index (χ3n) is 10.0. The van der Waals surface area contributed by atoms with Crippen molar-refractivity contribution in [1.82, 2.24) is 9.55 Å². The van der Waals surface area contributed by atoms with E-state index in [-0.39, 0.29) is 24.2 Å². The van der Waals surface area contributed by atoms with Crippen LogP contribution >= 0.6 is 0 Å². The summed E-state index contributed by atoms with van der Waals surface area (Å²) in [7, 11) is 0. The van der Waals surface area contributed by atoms with Crippen molar-refractivity contribution in [3.63, 3.8) is 0 Å². The monoisotopic (exact) mass is 525 g/mol. The Hall–Kier alpha value is -3.52. The molecule has 6 aliphatic rings. The molecule has 4 bridgehead atoms. The van der Waals surface area contributed by atoms with Crippen LogP contribution in [-0.4, -0.2) is 32.4 Å². The van der Waals surface area contributed by atoms with Gasteiger partial charge in [-0.3, -0.25) is 4.79 Å². The molecule has 4 fully saturated rings. The average molecular weight is 526 g/mol. The Morgan fingerprint density at radius 1 is 1.13 bits per heavy atom. The molecule has 8 nitrogen and oxygen atoms in total. The first-order valence-corrected chi connectivity index (χ1v) is 14.2. The molecular weight excluding hydrogens is 494 g/mol. The lowest BCUT2D eigenvalue weighted by molar-refractivity contribution is -0.172. The molecule has 39 heavy (non-hydrogen) atoms. The second-order valence-electron chi connectivity index (χ2n) is 12.4. The summed E-state index contributed by atoms with van der Waals surface area (Å²) in [5.41, 5.74) is 2.21. The van der Waals surface area contributed by atoms with Crippen molar-refractivity contribution in [3.8, 4) is 11.4 Å². The van der Waals surface area contributed by atoms with E-state index in [0.29, 0.717) is 29.1 Å². The number of nitrogens with zero attached hydrogens (tertiary/aromatic N) is 3. The highest BCUT2D eigenvalue weighted by molar-refractivity contribution is 6.02. The van der Waals surface area contributed by atoms with Crippen molar-refractivity contribution < 1.29 is 19.5 Å². The Balaban J connectivity index is 1.24. The van der Waals surface area contributed by atoms with Crippen molar-refractivity contribution in [2.24, 2.45) is 22.9 Å².